The molecule has 0 bridgehead atoms. The normalized spacial score (nSPS) is 13.2. The molecule has 5 aromatic rings. The average molecular weight is 500 g/mol. The first kappa shape index (κ1) is 20.4. The third-order valence-electron chi connectivity index (χ3n) is 5.94. The molecule has 0 unspecified atom stereocenters. The van der Waals surface area contributed by atoms with Gasteiger partial charge in [0, 0.05) is 0 Å². The van der Waals surface area contributed by atoms with Gasteiger partial charge in [-0.15, -0.1) is 0 Å². The molecule has 0 fully saturated rings. The van der Waals surface area contributed by atoms with Crippen molar-refractivity contribution < 1.29 is 1.37 Å². The number of hydrogen-bond acceptors (Lipinski definition) is 3. The molecule has 0 spiro atoms. The van der Waals surface area contributed by atoms with Crippen LogP contribution in [0.4, 0.5) is 0 Å². The molecule has 0 saturated heterocycles. The van der Waals surface area contributed by atoms with Crippen LogP contribution in [0.25, 0.3) is 42.3 Å². The minimum absolute atomic E-state index is 0.0861. The van der Waals surface area contributed by atoms with E-state index in [-0.39, 0.29) is 11.7 Å². The number of benzene rings is 3. The molecule has 2 nitrogen and oxygen atoms in total. The van der Waals surface area contributed by atoms with Gasteiger partial charge in [0.1, 0.15) is 0 Å². The van der Waals surface area contributed by atoms with E-state index in [1.807, 2.05) is 0 Å². The van der Waals surface area contributed by atoms with Crippen LogP contribution >= 0.6 is 11.3 Å². The molecule has 3 aromatic carbocycles. The first-order chi connectivity index (χ1) is 15.5. The van der Waals surface area contributed by atoms with E-state index in [1.165, 1.54) is 25.4 Å². The Morgan fingerprint density at radius 3 is 2.47 bits per heavy atom. The zero-order valence-electron chi connectivity index (χ0n) is 20.7. The first-order valence-electron chi connectivity index (χ1n) is 11.7. The molecule has 0 aliphatic heterocycles. The summed E-state index contributed by atoms with van der Waals surface area (Å²) < 4.78 is 12.2. The fourth-order valence-corrected chi connectivity index (χ4v) is 9.19. The fourth-order valence-electron chi connectivity index (χ4n) is 4.56. The molecule has 5 rings (SSSR count). The van der Waals surface area contributed by atoms with Gasteiger partial charge in [-0.25, -0.2) is 0 Å². The van der Waals surface area contributed by atoms with Gasteiger partial charge < -0.3 is 0 Å². The van der Waals surface area contributed by atoms with E-state index in [0.29, 0.717) is 0 Å². The topological polar surface area (TPSA) is 25.8 Å². The van der Waals surface area contributed by atoms with Crippen LogP contribution in [-0.4, -0.2) is 23.2 Å². The van der Waals surface area contributed by atoms with Crippen LogP contribution in [0.15, 0.2) is 60.9 Å². The third-order valence-corrected chi connectivity index (χ3v) is 11.4. The summed E-state index contributed by atoms with van der Waals surface area (Å²) in [6, 6.07) is 20.0. The van der Waals surface area contributed by atoms with Crippen molar-refractivity contribution in [3.63, 3.8) is 0 Å². The van der Waals surface area contributed by atoms with Gasteiger partial charge in [-0.1, -0.05) is 0 Å². The second-order valence-corrected chi connectivity index (χ2v) is 22.6. The molecule has 0 N–H and O–H groups in total. The Balaban J connectivity index is 1.78. The van der Waals surface area contributed by atoms with Gasteiger partial charge in [0.05, 0.1) is 0 Å². The molecular weight excluding hydrogens is 469 g/mol. The quantitative estimate of drug-likeness (QED) is 0.236. The van der Waals surface area contributed by atoms with Crippen molar-refractivity contribution in [3.05, 3.63) is 66.5 Å². The predicted octanol–water partition coefficient (Wildman–Crippen LogP) is 7.80. The summed E-state index contributed by atoms with van der Waals surface area (Å²) >= 11 is -0.389. The Labute approximate surface area is 198 Å². The first-order valence-corrected chi connectivity index (χ1v) is 19.4. The molecule has 4 heteroatoms. The van der Waals surface area contributed by atoms with E-state index in [4.69, 9.17) is 1.37 Å². The second kappa shape index (κ2) is 7.67. The molecule has 0 radical (unpaired) electrons. The van der Waals surface area contributed by atoms with Crippen LogP contribution in [0.2, 0.25) is 17.3 Å². The van der Waals surface area contributed by atoms with E-state index >= 15 is 0 Å². The molecule has 0 aliphatic rings. The molecule has 0 saturated carbocycles. The second-order valence-electron chi connectivity index (χ2n) is 11.0. The summed E-state index contributed by atoms with van der Waals surface area (Å²) in [4.78, 5) is 9.23. The zero-order valence-corrected chi connectivity index (χ0v) is 22.6. The number of rotatable bonds is 3. The number of aromatic nitrogens is 2. The van der Waals surface area contributed by atoms with E-state index in [1.54, 1.807) is 11.3 Å². The van der Waals surface area contributed by atoms with E-state index in [9.17, 15) is 0 Å². The third kappa shape index (κ3) is 3.97. The van der Waals surface area contributed by atoms with Crippen molar-refractivity contribution in [1.82, 2.24) is 9.97 Å². The molecule has 162 valence electrons. The van der Waals surface area contributed by atoms with Crippen LogP contribution in [0.3, 0.4) is 0 Å². The maximum absolute atomic E-state index is 8.38. The summed E-state index contributed by atoms with van der Waals surface area (Å²) in [5.74, 6) is 7.31. The van der Waals surface area contributed by atoms with Crippen LogP contribution < -0.4 is 4.40 Å². The molecule has 0 amide bonds. The Morgan fingerprint density at radius 1 is 0.938 bits per heavy atom. The number of fused-ring (bicyclic) bond motifs is 4. The minimum atomic E-state index is -2.15. The van der Waals surface area contributed by atoms with Gasteiger partial charge in [0.2, 0.25) is 0 Å². The summed E-state index contributed by atoms with van der Waals surface area (Å²) in [6.45, 7) is 6.82. The van der Waals surface area contributed by atoms with E-state index < -0.39 is 13.3 Å². The maximum atomic E-state index is 8.38. The predicted molar refractivity (Wildman–Crippen MR) is 144 cm³/mol. The van der Waals surface area contributed by atoms with Crippen molar-refractivity contribution in [2.75, 3.05) is 0 Å². The Hall–Kier alpha value is -2.24. The molecule has 2 aromatic heterocycles. The van der Waals surface area contributed by atoms with Crippen molar-refractivity contribution in [2.45, 2.75) is 44.5 Å². The van der Waals surface area contributed by atoms with Gasteiger partial charge in [-0.3, -0.25) is 0 Å². The van der Waals surface area contributed by atoms with Crippen molar-refractivity contribution in [2.24, 2.45) is 5.41 Å². The van der Waals surface area contributed by atoms with Gasteiger partial charge >= 0.3 is 199 Å². The van der Waals surface area contributed by atoms with Crippen LogP contribution in [0.1, 0.15) is 27.7 Å². The molecule has 32 heavy (non-hydrogen) atoms. The molecule has 0 aliphatic carbocycles. The monoisotopic (exact) mass is 501 g/mol. The molecule has 0 atom stereocenters. The molecular formula is C28H30GeN2S. The Bertz CT molecular complexity index is 1520. The Morgan fingerprint density at radius 2 is 1.72 bits per heavy atom. The molecule has 2 heterocycles. The SMILES string of the molecule is [2H]c1nc(-c2c[c]([Ge]([CH3])([CH3])[CH3])c3ccccc3c2)c2sc3cc(CC(C)(C)C)ccc3c2n1. The zero-order chi connectivity index (χ0) is 23.5. The van der Waals surface area contributed by atoms with E-state index in [0.717, 1.165) is 33.3 Å². The fraction of sp³-hybridized carbons (Fsp3) is 0.286. The summed E-state index contributed by atoms with van der Waals surface area (Å²) in [7, 11) is 0. The Kier molecular flexibility index (Phi) is 4.88. The van der Waals surface area contributed by atoms with Crippen molar-refractivity contribution in [1.29, 1.82) is 0 Å². The van der Waals surface area contributed by atoms with Gasteiger partial charge in [0.25, 0.3) is 0 Å². The number of thiophene rings is 1. The van der Waals surface area contributed by atoms with Crippen LogP contribution in [-0.2, 0) is 6.42 Å². The van der Waals surface area contributed by atoms with Gasteiger partial charge in [-0.2, -0.15) is 0 Å². The van der Waals surface area contributed by atoms with Gasteiger partial charge in [0.15, 0.2) is 0 Å². The van der Waals surface area contributed by atoms with Gasteiger partial charge in [-0.05, 0) is 0 Å². The van der Waals surface area contributed by atoms with Crippen molar-refractivity contribution >= 4 is 60.1 Å². The van der Waals surface area contributed by atoms with Crippen molar-refractivity contribution in [3.8, 4) is 11.3 Å². The van der Waals surface area contributed by atoms with E-state index in [2.05, 4.69) is 103 Å². The summed E-state index contributed by atoms with van der Waals surface area (Å²) in [5, 5.41) is 3.73. The number of nitrogens with zero attached hydrogens (tertiary/aromatic N) is 2. The van der Waals surface area contributed by atoms with Crippen LogP contribution in [0.5, 0.6) is 0 Å². The standard InChI is InChI=1S/C28H30GeN2S/c1-28(2,3)16-18-11-12-22-24(13-18)32-27-25(30-17-31-26(22)27)20-14-19-9-7-8-10-21(19)23(15-20)29(4,5)6/h7-15,17H,16H2,1-6H3/i17D. The summed E-state index contributed by atoms with van der Waals surface area (Å²) in [5.41, 5.74) is 4.48. The average Bonchev–Trinajstić information content (AvgIpc) is 3.08. The summed E-state index contributed by atoms with van der Waals surface area (Å²) in [6.07, 6.45) is 1.12. The number of hydrogen-bond donors (Lipinski definition) is 0. The van der Waals surface area contributed by atoms with Crippen LogP contribution in [0, 0.1) is 5.41 Å².